The summed E-state index contributed by atoms with van der Waals surface area (Å²) in [6, 6.07) is 4.45. The van der Waals surface area contributed by atoms with E-state index in [0.29, 0.717) is 22.5 Å². The highest BCUT2D eigenvalue weighted by Gasteiger charge is 2.30. The molecule has 2 unspecified atom stereocenters. The van der Waals surface area contributed by atoms with Gasteiger partial charge in [0, 0.05) is 30.9 Å². The van der Waals surface area contributed by atoms with E-state index < -0.39 is 0 Å². The molecule has 0 amide bonds. The molecule has 4 heteroatoms. The number of rotatable bonds is 3. The Morgan fingerprint density at radius 3 is 2.75 bits per heavy atom. The minimum absolute atomic E-state index is 0.181. The van der Waals surface area contributed by atoms with E-state index in [9.17, 15) is 4.39 Å². The lowest BCUT2D eigenvalue weighted by Crippen LogP contribution is -2.58. The predicted molar refractivity (Wildman–Crippen MR) is 86.9 cm³/mol. The van der Waals surface area contributed by atoms with E-state index >= 15 is 0 Å². The molecule has 0 bridgehead atoms. The Balaban J connectivity index is 2.37. The number of hydrogen-bond acceptors (Lipinski definition) is 2. The van der Waals surface area contributed by atoms with Crippen molar-refractivity contribution in [1.82, 2.24) is 5.32 Å². The van der Waals surface area contributed by atoms with Crippen LogP contribution < -0.4 is 10.2 Å². The summed E-state index contributed by atoms with van der Waals surface area (Å²) in [6.07, 6.45) is 1.10. The van der Waals surface area contributed by atoms with Gasteiger partial charge in [-0.05, 0) is 52.9 Å². The van der Waals surface area contributed by atoms with Crippen LogP contribution >= 0.6 is 15.9 Å². The highest BCUT2D eigenvalue weighted by Crippen LogP contribution is 2.31. The molecule has 0 radical (unpaired) electrons. The Bertz CT molecular complexity index is 476. The van der Waals surface area contributed by atoms with Gasteiger partial charge in [0.2, 0.25) is 0 Å². The number of anilines is 1. The van der Waals surface area contributed by atoms with Gasteiger partial charge in [-0.15, -0.1) is 0 Å². The quantitative estimate of drug-likeness (QED) is 0.889. The van der Waals surface area contributed by atoms with E-state index in [0.717, 1.165) is 30.8 Å². The van der Waals surface area contributed by atoms with Crippen molar-refractivity contribution in [3.8, 4) is 0 Å². The maximum atomic E-state index is 13.9. The topological polar surface area (TPSA) is 15.3 Å². The summed E-state index contributed by atoms with van der Waals surface area (Å²) in [7, 11) is 0. The largest absolute Gasteiger partial charge is 0.365 e. The van der Waals surface area contributed by atoms with Gasteiger partial charge < -0.3 is 10.2 Å². The molecule has 1 aromatic carbocycles. The van der Waals surface area contributed by atoms with Crippen LogP contribution in [0.5, 0.6) is 0 Å². The second-order valence-corrected chi connectivity index (χ2v) is 6.88. The number of halogens is 2. The fourth-order valence-corrected chi connectivity index (χ4v) is 3.38. The molecule has 1 fully saturated rings. The highest BCUT2D eigenvalue weighted by atomic mass is 79.9. The van der Waals surface area contributed by atoms with Crippen LogP contribution in [0.15, 0.2) is 16.6 Å². The molecule has 1 saturated heterocycles. The second-order valence-electron chi connectivity index (χ2n) is 6.03. The van der Waals surface area contributed by atoms with E-state index in [-0.39, 0.29) is 5.82 Å². The Morgan fingerprint density at radius 1 is 1.45 bits per heavy atom. The van der Waals surface area contributed by atoms with Crippen molar-refractivity contribution in [3.63, 3.8) is 0 Å². The molecule has 1 aliphatic heterocycles. The fourth-order valence-electron chi connectivity index (χ4n) is 2.93. The lowest BCUT2D eigenvalue weighted by molar-refractivity contribution is 0.333. The predicted octanol–water partition coefficient (Wildman–Crippen LogP) is 4.11. The zero-order valence-corrected chi connectivity index (χ0v) is 14.3. The molecular weight excluding hydrogens is 319 g/mol. The molecule has 112 valence electrons. The fraction of sp³-hybridized carbons (Fsp3) is 0.625. The molecule has 0 aromatic heterocycles. The third-order valence-corrected chi connectivity index (χ3v) is 4.85. The van der Waals surface area contributed by atoms with Gasteiger partial charge in [0.15, 0.2) is 0 Å². The molecule has 1 aliphatic rings. The van der Waals surface area contributed by atoms with Gasteiger partial charge in [-0.3, -0.25) is 0 Å². The standard InChI is InChI=1S/C16H24BrFN2/c1-5-12-9-20(16(8-19-12)10(2)3)15-7-14(18)13(17)6-11(15)4/h6-7,10,12,16,19H,5,8-9H2,1-4H3. The third-order valence-electron chi connectivity index (χ3n) is 4.24. The first-order valence-corrected chi connectivity index (χ1v) is 8.19. The molecule has 0 aliphatic carbocycles. The molecular formula is C16H24BrFN2. The molecule has 1 N–H and O–H groups in total. The van der Waals surface area contributed by atoms with Crippen LogP contribution in [0.3, 0.4) is 0 Å². The van der Waals surface area contributed by atoms with Gasteiger partial charge >= 0.3 is 0 Å². The van der Waals surface area contributed by atoms with Gasteiger partial charge in [-0.1, -0.05) is 20.8 Å². The molecule has 2 atom stereocenters. The van der Waals surface area contributed by atoms with Crippen molar-refractivity contribution in [1.29, 1.82) is 0 Å². The first-order chi connectivity index (χ1) is 9.43. The van der Waals surface area contributed by atoms with Crippen molar-refractivity contribution < 1.29 is 4.39 Å². The van der Waals surface area contributed by atoms with Gasteiger partial charge in [0.25, 0.3) is 0 Å². The van der Waals surface area contributed by atoms with E-state index in [4.69, 9.17) is 0 Å². The smallest absolute Gasteiger partial charge is 0.139 e. The summed E-state index contributed by atoms with van der Waals surface area (Å²) < 4.78 is 14.5. The molecule has 20 heavy (non-hydrogen) atoms. The van der Waals surface area contributed by atoms with Crippen LogP contribution in [0, 0.1) is 18.7 Å². The van der Waals surface area contributed by atoms with Crippen LogP contribution in [-0.2, 0) is 0 Å². The highest BCUT2D eigenvalue weighted by molar-refractivity contribution is 9.10. The summed E-state index contributed by atoms with van der Waals surface area (Å²) in [6.45, 7) is 10.6. The van der Waals surface area contributed by atoms with Crippen LogP contribution in [0.1, 0.15) is 32.8 Å². The molecule has 1 aromatic rings. The number of aryl methyl sites for hydroxylation is 1. The van der Waals surface area contributed by atoms with Crippen LogP contribution in [0.2, 0.25) is 0 Å². The van der Waals surface area contributed by atoms with Crippen LogP contribution in [0.4, 0.5) is 10.1 Å². The minimum atomic E-state index is -0.181. The summed E-state index contributed by atoms with van der Waals surface area (Å²) in [5.41, 5.74) is 2.16. The van der Waals surface area contributed by atoms with Crippen LogP contribution in [-0.4, -0.2) is 25.2 Å². The minimum Gasteiger partial charge on any atom is -0.365 e. The average molecular weight is 343 g/mol. The molecule has 2 nitrogen and oxygen atoms in total. The van der Waals surface area contributed by atoms with Crippen molar-refractivity contribution in [2.75, 3.05) is 18.0 Å². The van der Waals surface area contributed by atoms with Gasteiger partial charge in [-0.2, -0.15) is 0 Å². The Morgan fingerprint density at radius 2 is 2.15 bits per heavy atom. The van der Waals surface area contributed by atoms with Crippen LogP contribution in [0.25, 0.3) is 0 Å². The summed E-state index contributed by atoms with van der Waals surface area (Å²) in [4.78, 5) is 2.39. The normalized spacial score (nSPS) is 23.4. The SMILES string of the molecule is CCC1CN(c2cc(F)c(Br)cc2C)C(C(C)C)CN1. The molecule has 0 spiro atoms. The summed E-state index contributed by atoms with van der Waals surface area (Å²) in [5.74, 6) is 0.353. The lowest BCUT2D eigenvalue weighted by atomic mass is 9.96. The second kappa shape index (κ2) is 6.44. The zero-order valence-electron chi connectivity index (χ0n) is 12.7. The summed E-state index contributed by atoms with van der Waals surface area (Å²) in [5, 5.41) is 3.60. The number of nitrogens with zero attached hydrogens (tertiary/aromatic N) is 1. The first-order valence-electron chi connectivity index (χ1n) is 7.39. The van der Waals surface area contributed by atoms with Gasteiger partial charge in [0.1, 0.15) is 5.82 Å². The van der Waals surface area contributed by atoms with Gasteiger partial charge in [-0.25, -0.2) is 4.39 Å². The molecule has 1 heterocycles. The van der Waals surface area contributed by atoms with E-state index in [1.54, 1.807) is 6.07 Å². The van der Waals surface area contributed by atoms with E-state index in [2.05, 4.69) is 53.8 Å². The summed E-state index contributed by atoms with van der Waals surface area (Å²) >= 11 is 3.27. The monoisotopic (exact) mass is 342 g/mol. The van der Waals surface area contributed by atoms with Crippen molar-refractivity contribution in [2.45, 2.75) is 46.2 Å². The van der Waals surface area contributed by atoms with E-state index in [1.165, 1.54) is 0 Å². The third kappa shape index (κ3) is 3.17. The maximum absolute atomic E-state index is 13.9. The maximum Gasteiger partial charge on any atom is 0.139 e. The Kier molecular flexibility index (Phi) is 5.08. The number of hydrogen-bond donors (Lipinski definition) is 1. The van der Waals surface area contributed by atoms with Crippen molar-refractivity contribution in [3.05, 3.63) is 28.0 Å². The number of nitrogens with one attached hydrogen (secondary N) is 1. The lowest BCUT2D eigenvalue weighted by Gasteiger charge is -2.44. The molecule has 0 saturated carbocycles. The molecule has 2 rings (SSSR count). The average Bonchev–Trinajstić information content (AvgIpc) is 2.42. The van der Waals surface area contributed by atoms with E-state index in [1.807, 2.05) is 6.07 Å². The number of benzene rings is 1. The Hall–Kier alpha value is -0.610. The number of piperazine rings is 1. The zero-order chi connectivity index (χ0) is 14.9. The first kappa shape index (κ1) is 15.8. The Labute approximate surface area is 129 Å². The van der Waals surface area contributed by atoms with Gasteiger partial charge in [0.05, 0.1) is 4.47 Å². The van der Waals surface area contributed by atoms with Crippen molar-refractivity contribution in [2.24, 2.45) is 5.92 Å². The van der Waals surface area contributed by atoms with Crippen molar-refractivity contribution >= 4 is 21.6 Å².